The molecular formula is C31H39Cl2N3O4SSi. The van der Waals surface area contributed by atoms with Crippen LogP contribution in [0.2, 0.25) is 26.0 Å². The van der Waals surface area contributed by atoms with E-state index in [2.05, 4.69) is 56.8 Å². The van der Waals surface area contributed by atoms with E-state index in [1.807, 2.05) is 0 Å². The lowest BCUT2D eigenvalue weighted by Gasteiger charge is -2.45. The van der Waals surface area contributed by atoms with Crippen LogP contribution in [0.3, 0.4) is 0 Å². The molecule has 1 fully saturated rings. The van der Waals surface area contributed by atoms with Gasteiger partial charge in [-0.2, -0.15) is 0 Å². The van der Waals surface area contributed by atoms with E-state index < -0.39 is 8.32 Å². The van der Waals surface area contributed by atoms with E-state index in [-0.39, 0.29) is 51.7 Å². The summed E-state index contributed by atoms with van der Waals surface area (Å²) in [5, 5.41) is 14.2. The van der Waals surface area contributed by atoms with Gasteiger partial charge in [0.05, 0.1) is 22.1 Å². The zero-order valence-electron chi connectivity index (χ0n) is 24.9. The topological polar surface area (TPSA) is 101 Å². The van der Waals surface area contributed by atoms with Crippen LogP contribution in [0.4, 0.5) is 5.82 Å². The minimum Gasteiger partial charge on any atom is -0.413 e. The number of hydrogen-bond donors (Lipinski definition) is 2. The summed E-state index contributed by atoms with van der Waals surface area (Å²) in [6.45, 7) is 13.6. The first kappa shape index (κ1) is 32.8. The van der Waals surface area contributed by atoms with Crippen molar-refractivity contribution in [3.05, 3.63) is 73.8 Å². The number of rotatable bonds is 12. The Labute approximate surface area is 263 Å². The van der Waals surface area contributed by atoms with Gasteiger partial charge in [-0.1, -0.05) is 76.9 Å². The Morgan fingerprint density at radius 1 is 1.05 bits per heavy atom. The molecule has 7 nitrogen and oxygen atoms in total. The summed E-state index contributed by atoms with van der Waals surface area (Å²) in [6, 6.07) is 8.08. The molecule has 3 atom stereocenters. The van der Waals surface area contributed by atoms with E-state index in [9.17, 15) is 14.7 Å². The summed E-state index contributed by atoms with van der Waals surface area (Å²) in [7, 11) is -2.15. The van der Waals surface area contributed by atoms with Gasteiger partial charge < -0.3 is 14.8 Å². The van der Waals surface area contributed by atoms with E-state index in [4.69, 9.17) is 27.6 Å². The molecule has 0 spiro atoms. The first-order valence-electron chi connectivity index (χ1n) is 14.4. The number of anilines is 1. The van der Waals surface area contributed by atoms with Crippen molar-refractivity contribution in [2.45, 2.75) is 83.2 Å². The van der Waals surface area contributed by atoms with Gasteiger partial charge in [0.25, 0.3) is 0 Å². The summed E-state index contributed by atoms with van der Waals surface area (Å²) < 4.78 is 7.30. The zero-order valence-corrected chi connectivity index (χ0v) is 28.2. The van der Waals surface area contributed by atoms with E-state index in [0.29, 0.717) is 50.7 Å². The maximum atomic E-state index is 13.7. The van der Waals surface area contributed by atoms with Crippen molar-refractivity contribution in [2.75, 3.05) is 11.9 Å². The van der Waals surface area contributed by atoms with Crippen molar-refractivity contribution in [3.63, 3.8) is 0 Å². The summed E-state index contributed by atoms with van der Waals surface area (Å²) in [5.74, 6) is -0.241. The Balaban J connectivity index is 1.55. The van der Waals surface area contributed by atoms with Crippen LogP contribution in [0.25, 0.3) is 0 Å². The van der Waals surface area contributed by atoms with E-state index in [1.54, 1.807) is 24.3 Å². The van der Waals surface area contributed by atoms with Gasteiger partial charge in [-0.3, -0.25) is 9.59 Å². The molecule has 1 aliphatic carbocycles. The number of nitrogens with zero attached hydrogens (tertiary/aromatic N) is 2. The average Bonchev–Trinajstić information content (AvgIpc) is 3.52. The molecule has 1 saturated carbocycles. The average molecular weight is 649 g/mol. The zero-order chi connectivity index (χ0) is 30.8. The van der Waals surface area contributed by atoms with E-state index in [0.717, 1.165) is 11.3 Å². The van der Waals surface area contributed by atoms with Crippen molar-refractivity contribution in [3.8, 4) is 0 Å². The number of aliphatic hydroxyl groups is 1. The fraction of sp³-hybridized carbons (Fsp3) is 0.484. The largest absolute Gasteiger partial charge is 0.413 e. The Morgan fingerprint density at radius 2 is 1.74 bits per heavy atom. The van der Waals surface area contributed by atoms with Gasteiger partial charge >= 0.3 is 0 Å². The molecule has 4 rings (SSSR count). The molecule has 42 heavy (non-hydrogen) atoms. The lowest BCUT2D eigenvalue weighted by Crippen LogP contribution is -2.51. The van der Waals surface area contributed by atoms with Crippen molar-refractivity contribution in [2.24, 2.45) is 5.92 Å². The Kier molecular flexibility index (Phi) is 10.7. The number of aliphatic hydroxyl groups excluding tert-OH is 1. The lowest BCUT2D eigenvalue weighted by molar-refractivity contribution is 0.0941. The van der Waals surface area contributed by atoms with Gasteiger partial charge in [-0.05, 0) is 47.7 Å². The Morgan fingerprint density at radius 3 is 2.36 bits per heavy atom. The standard InChI is InChI=1S/C31H39Cl2N3O4SSi/c1-17(2)42(18(3)4,19(5)6)40-26-12-23(11-21(26)15-37)36-31-25(14-34-16-35-31)29(39)27-13-24(30(33)41-27)28(38)20-8-7-9-22(32)10-20/h7-10,13-14,16-19,21,23,26,37H,11-12,15H2,1-6H3,(H,34,35,36)/t21-,23-,26+/m1/s1. The van der Waals surface area contributed by atoms with E-state index in [1.165, 1.54) is 18.6 Å². The monoisotopic (exact) mass is 647 g/mol. The normalized spacial score (nSPS) is 19.2. The highest BCUT2D eigenvalue weighted by molar-refractivity contribution is 7.18. The van der Waals surface area contributed by atoms with Crippen LogP contribution in [0.5, 0.6) is 0 Å². The first-order valence-corrected chi connectivity index (χ1v) is 18.1. The molecule has 11 heteroatoms. The van der Waals surface area contributed by atoms with Crippen molar-refractivity contribution < 1.29 is 19.1 Å². The second-order valence-electron chi connectivity index (χ2n) is 12.0. The molecular weight excluding hydrogens is 609 g/mol. The van der Waals surface area contributed by atoms with Gasteiger partial charge in [0.15, 0.2) is 5.78 Å². The number of thiophene rings is 1. The molecule has 1 aliphatic rings. The maximum Gasteiger partial charge on any atom is 0.208 e. The highest BCUT2D eigenvalue weighted by Gasteiger charge is 2.49. The molecule has 0 aliphatic heterocycles. The van der Waals surface area contributed by atoms with Crippen molar-refractivity contribution >= 4 is 60.2 Å². The Bertz CT molecular complexity index is 1410. The number of hydrogen-bond acceptors (Lipinski definition) is 8. The number of halogens is 2. The number of nitrogens with one attached hydrogen (secondary N) is 1. The molecule has 0 amide bonds. The number of aromatic nitrogens is 2. The van der Waals surface area contributed by atoms with Crippen LogP contribution in [-0.2, 0) is 4.43 Å². The summed E-state index contributed by atoms with van der Waals surface area (Å²) in [4.78, 5) is 35.6. The molecule has 0 saturated heterocycles. The fourth-order valence-corrected chi connectivity index (χ4v) is 13.6. The Hall–Kier alpha value is -2.14. The SMILES string of the molecule is CC(C)[Si](O[C@H]1C[C@H](Nc2ncncc2C(=O)c2cc(C(=O)c3cccc(Cl)c3)c(Cl)s2)C[C@@H]1CO)(C(C)C)C(C)C. The molecule has 2 aromatic heterocycles. The highest BCUT2D eigenvalue weighted by Crippen LogP contribution is 2.46. The predicted octanol–water partition coefficient (Wildman–Crippen LogP) is 8.05. The number of ketones is 2. The lowest BCUT2D eigenvalue weighted by atomic mass is 10.0. The third-order valence-electron chi connectivity index (χ3n) is 8.47. The maximum absolute atomic E-state index is 13.7. The third kappa shape index (κ3) is 6.66. The molecule has 0 bridgehead atoms. The van der Waals surface area contributed by atoms with Gasteiger partial charge in [0.1, 0.15) is 16.5 Å². The molecule has 3 aromatic rings. The molecule has 0 radical (unpaired) electrons. The summed E-state index contributed by atoms with van der Waals surface area (Å²) in [5.41, 5.74) is 2.22. The number of carbonyl (C=O) groups is 2. The molecule has 2 N–H and O–H groups in total. The third-order valence-corrected chi connectivity index (χ3v) is 16.2. The van der Waals surface area contributed by atoms with Crippen LogP contribution < -0.4 is 5.32 Å². The van der Waals surface area contributed by atoms with Crippen LogP contribution in [0.15, 0.2) is 42.9 Å². The van der Waals surface area contributed by atoms with Crippen LogP contribution in [0.1, 0.15) is 85.5 Å². The number of carbonyl (C=O) groups excluding carboxylic acids is 2. The van der Waals surface area contributed by atoms with E-state index >= 15 is 0 Å². The highest BCUT2D eigenvalue weighted by atomic mass is 35.5. The summed E-state index contributed by atoms with van der Waals surface area (Å²) in [6.07, 6.45) is 4.19. The van der Waals surface area contributed by atoms with Gasteiger partial charge in [-0.25, -0.2) is 9.97 Å². The molecule has 226 valence electrons. The molecule has 1 aromatic carbocycles. The second-order valence-corrected chi connectivity index (χ2v) is 19.5. The fourth-order valence-electron chi connectivity index (χ4n) is 6.57. The van der Waals surface area contributed by atoms with Gasteiger partial charge in [0.2, 0.25) is 14.1 Å². The van der Waals surface area contributed by atoms with Gasteiger partial charge in [0, 0.05) is 35.3 Å². The second kappa shape index (κ2) is 13.7. The minimum atomic E-state index is -2.15. The van der Waals surface area contributed by atoms with Gasteiger partial charge in [-0.15, -0.1) is 11.3 Å². The number of benzene rings is 1. The first-order chi connectivity index (χ1) is 19.9. The smallest absolute Gasteiger partial charge is 0.208 e. The predicted molar refractivity (Wildman–Crippen MR) is 173 cm³/mol. The van der Waals surface area contributed by atoms with Crippen LogP contribution >= 0.6 is 34.5 Å². The molecule has 0 unspecified atom stereocenters. The minimum absolute atomic E-state index is 0.0113. The van der Waals surface area contributed by atoms with Crippen LogP contribution in [-0.4, -0.2) is 53.7 Å². The van der Waals surface area contributed by atoms with Crippen molar-refractivity contribution in [1.82, 2.24) is 9.97 Å². The summed E-state index contributed by atoms with van der Waals surface area (Å²) >= 11 is 13.5. The van der Waals surface area contributed by atoms with Crippen molar-refractivity contribution in [1.29, 1.82) is 0 Å². The molecule has 2 heterocycles. The quantitative estimate of drug-likeness (QED) is 0.151. The van der Waals surface area contributed by atoms with Crippen LogP contribution in [0, 0.1) is 5.92 Å².